The minimum atomic E-state index is -0.382. The smallest absolute Gasteiger partial charge is 0.224 e. The summed E-state index contributed by atoms with van der Waals surface area (Å²) in [4.78, 5) is 36.6. The van der Waals surface area contributed by atoms with Gasteiger partial charge >= 0.3 is 0 Å². The highest BCUT2D eigenvalue weighted by Crippen LogP contribution is 2.10. The van der Waals surface area contributed by atoms with Crippen molar-refractivity contribution in [2.45, 2.75) is 31.7 Å². The monoisotopic (exact) mass is 306 g/mol. The Morgan fingerprint density at radius 2 is 1.95 bits per heavy atom. The van der Waals surface area contributed by atoms with E-state index in [1.165, 1.54) is 24.3 Å². The average Bonchev–Trinajstić information content (AvgIpc) is 2.77. The van der Waals surface area contributed by atoms with Crippen LogP contribution in [0.2, 0.25) is 0 Å². The van der Waals surface area contributed by atoms with Gasteiger partial charge in [-0.25, -0.2) is 4.39 Å². The van der Waals surface area contributed by atoms with Crippen LogP contribution in [0.4, 0.5) is 4.39 Å². The second-order valence-corrected chi connectivity index (χ2v) is 5.53. The Labute approximate surface area is 128 Å². The molecule has 1 N–H and O–H groups in total. The summed E-state index contributed by atoms with van der Waals surface area (Å²) in [6, 6.07) is 5.23. The van der Waals surface area contributed by atoms with Crippen molar-refractivity contribution in [3.05, 3.63) is 35.6 Å². The number of nitrogens with one attached hydrogen (secondary N) is 1. The summed E-state index contributed by atoms with van der Waals surface area (Å²) in [5.74, 6) is -0.618. The molecule has 22 heavy (non-hydrogen) atoms. The summed E-state index contributed by atoms with van der Waals surface area (Å²) < 4.78 is 12.8. The molecule has 0 aliphatic carbocycles. The summed E-state index contributed by atoms with van der Waals surface area (Å²) in [7, 11) is 1.70. The van der Waals surface area contributed by atoms with E-state index in [-0.39, 0.29) is 42.3 Å². The number of hydrogen-bond acceptors (Lipinski definition) is 3. The first-order valence-corrected chi connectivity index (χ1v) is 7.28. The molecule has 0 spiro atoms. The van der Waals surface area contributed by atoms with E-state index in [2.05, 4.69) is 5.32 Å². The molecule has 1 aromatic carbocycles. The molecule has 2 amide bonds. The number of carbonyl (C=O) groups excluding carboxylic acids is 3. The van der Waals surface area contributed by atoms with Gasteiger partial charge in [0, 0.05) is 38.4 Å². The fraction of sp³-hybridized carbons (Fsp3) is 0.438. The Morgan fingerprint density at radius 1 is 1.27 bits per heavy atom. The van der Waals surface area contributed by atoms with Crippen LogP contribution in [-0.4, -0.2) is 42.1 Å². The number of Topliss-reactive ketones (excluding diaryl/α,β-unsaturated/α-hetero) is 1. The third kappa shape index (κ3) is 4.38. The van der Waals surface area contributed by atoms with E-state index >= 15 is 0 Å². The van der Waals surface area contributed by atoms with E-state index in [1.807, 2.05) is 0 Å². The molecule has 5 nitrogen and oxygen atoms in total. The molecule has 1 fully saturated rings. The van der Waals surface area contributed by atoms with Crippen LogP contribution < -0.4 is 5.32 Å². The van der Waals surface area contributed by atoms with Crippen LogP contribution >= 0.6 is 0 Å². The number of amides is 2. The largest absolute Gasteiger partial charge is 0.351 e. The molecule has 2 rings (SSSR count). The number of rotatable bonds is 6. The Bertz CT molecular complexity index is 571. The first kappa shape index (κ1) is 16.1. The molecule has 1 saturated heterocycles. The van der Waals surface area contributed by atoms with Gasteiger partial charge in [-0.05, 0) is 30.7 Å². The van der Waals surface area contributed by atoms with Gasteiger partial charge in [0.25, 0.3) is 0 Å². The molecule has 0 bridgehead atoms. The van der Waals surface area contributed by atoms with E-state index in [0.717, 1.165) is 0 Å². The van der Waals surface area contributed by atoms with E-state index in [9.17, 15) is 18.8 Å². The number of likely N-dealkylation sites (N-methyl/N-ethyl adjacent to an activating group) is 1. The molecule has 1 heterocycles. The number of hydrogen-bond donors (Lipinski definition) is 1. The third-order valence-corrected chi connectivity index (χ3v) is 3.68. The van der Waals surface area contributed by atoms with E-state index in [4.69, 9.17) is 0 Å². The van der Waals surface area contributed by atoms with Crippen LogP contribution in [0.15, 0.2) is 24.3 Å². The summed E-state index contributed by atoms with van der Waals surface area (Å²) >= 11 is 0. The lowest BCUT2D eigenvalue weighted by molar-refractivity contribution is -0.126. The van der Waals surface area contributed by atoms with Crippen molar-refractivity contribution in [1.29, 1.82) is 0 Å². The minimum Gasteiger partial charge on any atom is -0.351 e. The second-order valence-electron chi connectivity index (χ2n) is 5.53. The molecule has 118 valence electrons. The van der Waals surface area contributed by atoms with Crippen molar-refractivity contribution >= 4 is 17.6 Å². The zero-order chi connectivity index (χ0) is 16.1. The van der Waals surface area contributed by atoms with Crippen molar-refractivity contribution in [3.8, 4) is 0 Å². The molecule has 0 aromatic heterocycles. The molecule has 1 atom stereocenters. The van der Waals surface area contributed by atoms with Gasteiger partial charge in [-0.3, -0.25) is 14.4 Å². The van der Waals surface area contributed by atoms with Gasteiger partial charge in [0.05, 0.1) is 6.04 Å². The lowest BCUT2D eigenvalue weighted by atomic mass is 10.1. The quantitative estimate of drug-likeness (QED) is 0.811. The maximum atomic E-state index is 12.8. The van der Waals surface area contributed by atoms with Crippen LogP contribution in [0.3, 0.4) is 0 Å². The Morgan fingerprint density at radius 3 is 2.55 bits per heavy atom. The number of likely N-dealkylation sites (tertiary alicyclic amines) is 1. The molecule has 0 unspecified atom stereocenters. The minimum absolute atomic E-state index is 0.0248. The van der Waals surface area contributed by atoms with E-state index in [0.29, 0.717) is 24.9 Å². The van der Waals surface area contributed by atoms with Crippen LogP contribution in [0.25, 0.3) is 0 Å². The van der Waals surface area contributed by atoms with Crippen molar-refractivity contribution in [2.75, 3.05) is 13.6 Å². The zero-order valence-electron chi connectivity index (χ0n) is 12.5. The lowest BCUT2D eigenvalue weighted by Gasteiger charge is -2.12. The fourth-order valence-electron chi connectivity index (χ4n) is 2.45. The van der Waals surface area contributed by atoms with Gasteiger partial charge < -0.3 is 10.2 Å². The number of benzene rings is 1. The van der Waals surface area contributed by atoms with Crippen LogP contribution in [-0.2, 0) is 9.59 Å². The van der Waals surface area contributed by atoms with Gasteiger partial charge in [0.2, 0.25) is 11.8 Å². The molecule has 6 heteroatoms. The van der Waals surface area contributed by atoms with Gasteiger partial charge in [-0.15, -0.1) is 0 Å². The van der Waals surface area contributed by atoms with Crippen LogP contribution in [0.1, 0.15) is 36.0 Å². The van der Waals surface area contributed by atoms with Crippen molar-refractivity contribution in [1.82, 2.24) is 10.2 Å². The Kier molecular flexibility index (Phi) is 5.25. The topological polar surface area (TPSA) is 66.5 Å². The number of halogens is 1. The molecular formula is C16H19FN2O3. The first-order chi connectivity index (χ1) is 10.5. The average molecular weight is 306 g/mol. The van der Waals surface area contributed by atoms with Crippen LogP contribution in [0.5, 0.6) is 0 Å². The summed E-state index contributed by atoms with van der Waals surface area (Å²) in [6.45, 7) is 0.527. The predicted octanol–water partition coefficient (Wildman–Crippen LogP) is 1.53. The van der Waals surface area contributed by atoms with Gasteiger partial charge in [-0.1, -0.05) is 0 Å². The number of ketones is 1. The van der Waals surface area contributed by atoms with E-state index in [1.54, 1.807) is 11.9 Å². The van der Waals surface area contributed by atoms with Crippen LogP contribution in [0, 0.1) is 5.82 Å². The molecule has 1 aliphatic heterocycles. The van der Waals surface area contributed by atoms with Crippen molar-refractivity contribution in [2.24, 2.45) is 0 Å². The highest BCUT2D eigenvalue weighted by molar-refractivity contribution is 5.96. The highest BCUT2D eigenvalue weighted by Gasteiger charge is 2.27. The normalized spacial score (nSPS) is 17.6. The van der Waals surface area contributed by atoms with E-state index < -0.39 is 0 Å². The Balaban J connectivity index is 1.70. The third-order valence-electron chi connectivity index (χ3n) is 3.68. The molecule has 1 aliphatic rings. The van der Waals surface area contributed by atoms with Crippen molar-refractivity contribution < 1.29 is 18.8 Å². The number of nitrogens with zero attached hydrogens (tertiary/aromatic N) is 1. The highest BCUT2D eigenvalue weighted by atomic mass is 19.1. The molecule has 0 radical (unpaired) electrons. The van der Waals surface area contributed by atoms with Gasteiger partial charge in [0.15, 0.2) is 5.78 Å². The maximum absolute atomic E-state index is 12.8. The second kappa shape index (κ2) is 7.15. The molecule has 1 aromatic rings. The Hall–Kier alpha value is -2.24. The number of carbonyl (C=O) groups is 3. The maximum Gasteiger partial charge on any atom is 0.224 e. The SMILES string of the molecule is CN1C[C@H](NC(=O)CCCC(=O)c2ccc(F)cc2)CC1=O. The predicted molar refractivity (Wildman–Crippen MR) is 78.8 cm³/mol. The van der Waals surface area contributed by atoms with Gasteiger partial charge in [0.1, 0.15) is 5.82 Å². The molecular weight excluding hydrogens is 287 g/mol. The lowest BCUT2D eigenvalue weighted by Crippen LogP contribution is -2.36. The first-order valence-electron chi connectivity index (χ1n) is 7.28. The fourth-order valence-corrected chi connectivity index (χ4v) is 2.45. The summed E-state index contributed by atoms with van der Waals surface area (Å²) in [5.41, 5.74) is 0.449. The molecule has 0 saturated carbocycles. The standard InChI is InChI=1S/C16H19FN2O3/c1-19-10-13(9-16(19)22)18-15(21)4-2-3-14(20)11-5-7-12(17)8-6-11/h5-8,13H,2-4,9-10H2,1H3,(H,18,21)/t13-/m1/s1. The zero-order valence-corrected chi connectivity index (χ0v) is 12.5. The summed E-state index contributed by atoms with van der Waals surface area (Å²) in [6.07, 6.45) is 1.24. The van der Waals surface area contributed by atoms with Gasteiger partial charge in [-0.2, -0.15) is 0 Å². The summed E-state index contributed by atoms with van der Waals surface area (Å²) in [5, 5.41) is 2.80. The van der Waals surface area contributed by atoms with Crippen molar-refractivity contribution in [3.63, 3.8) is 0 Å².